The Morgan fingerprint density at radius 3 is 2.00 bits per heavy atom. The minimum Gasteiger partial charge on any atom is -0.478 e. The first kappa shape index (κ1) is 19.6. The Kier molecular flexibility index (Phi) is 5.50. The van der Waals surface area contributed by atoms with Crippen LogP contribution in [0.25, 0.3) is 10.8 Å². The number of carbonyl (C=O) groups is 2. The molecule has 0 aliphatic rings. The third-order valence-corrected chi connectivity index (χ3v) is 5.00. The summed E-state index contributed by atoms with van der Waals surface area (Å²) in [5, 5.41) is 14.2. The van der Waals surface area contributed by atoms with E-state index >= 15 is 0 Å². The Balaban J connectivity index is 2.18. The number of nitrogens with one attached hydrogen (secondary N) is 1. The fourth-order valence-electron chi connectivity index (χ4n) is 3.57. The van der Waals surface area contributed by atoms with Crippen molar-refractivity contribution < 1.29 is 14.7 Å². The fraction of sp³-hybridized carbons (Fsp3) is 0.250. The molecule has 0 radical (unpaired) electrons. The van der Waals surface area contributed by atoms with E-state index < -0.39 is 11.9 Å². The summed E-state index contributed by atoms with van der Waals surface area (Å²) in [6.45, 7) is 8.32. The number of benzene rings is 3. The number of aromatic carboxylic acids is 1. The lowest BCUT2D eigenvalue weighted by Gasteiger charge is -2.21. The quantitative estimate of drug-likeness (QED) is 0.571. The van der Waals surface area contributed by atoms with Crippen molar-refractivity contribution in [3.05, 3.63) is 76.9 Å². The van der Waals surface area contributed by atoms with E-state index in [1.807, 2.05) is 36.4 Å². The number of amides is 1. The van der Waals surface area contributed by atoms with E-state index in [-0.39, 0.29) is 23.0 Å². The monoisotopic (exact) mass is 375 g/mol. The van der Waals surface area contributed by atoms with Crippen molar-refractivity contribution in [3.63, 3.8) is 0 Å². The molecule has 0 aliphatic heterocycles. The van der Waals surface area contributed by atoms with Crippen molar-refractivity contribution in [2.24, 2.45) is 0 Å². The van der Waals surface area contributed by atoms with Crippen LogP contribution in [0.2, 0.25) is 0 Å². The van der Waals surface area contributed by atoms with Gasteiger partial charge in [0, 0.05) is 5.69 Å². The Hall–Kier alpha value is -3.14. The van der Waals surface area contributed by atoms with E-state index in [0.29, 0.717) is 5.39 Å². The highest BCUT2D eigenvalue weighted by molar-refractivity contribution is 6.18. The summed E-state index contributed by atoms with van der Waals surface area (Å²) in [5.41, 5.74) is 3.05. The van der Waals surface area contributed by atoms with Crippen molar-refractivity contribution in [1.29, 1.82) is 0 Å². The smallest absolute Gasteiger partial charge is 0.336 e. The first-order valence-corrected chi connectivity index (χ1v) is 9.50. The molecule has 1 amide bonds. The minimum atomic E-state index is -1.11. The number of carboxylic acids is 1. The molecule has 2 N–H and O–H groups in total. The maximum atomic E-state index is 13.3. The van der Waals surface area contributed by atoms with Gasteiger partial charge in [0.15, 0.2) is 0 Å². The number of para-hydroxylation sites is 1. The van der Waals surface area contributed by atoms with E-state index in [4.69, 9.17) is 0 Å². The van der Waals surface area contributed by atoms with Gasteiger partial charge in [-0.25, -0.2) is 4.79 Å². The molecule has 0 aromatic heterocycles. The summed E-state index contributed by atoms with van der Waals surface area (Å²) in [6.07, 6.45) is 0. The molecule has 3 aromatic carbocycles. The molecule has 4 nitrogen and oxygen atoms in total. The lowest BCUT2D eigenvalue weighted by Crippen LogP contribution is -2.19. The molecule has 0 spiro atoms. The summed E-state index contributed by atoms with van der Waals surface area (Å²) in [5.74, 6) is -1.07. The number of anilines is 1. The van der Waals surface area contributed by atoms with E-state index in [0.717, 1.165) is 22.2 Å². The van der Waals surface area contributed by atoms with E-state index in [2.05, 4.69) is 33.0 Å². The minimum absolute atomic E-state index is 0.00400. The third kappa shape index (κ3) is 3.63. The van der Waals surface area contributed by atoms with Crippen molar-refractivity contribution in [2.75, 3.05) is 5.32 Å². The molecule has 3 aromatic rings. The number of rotatable bonds is 5. The molecule has 3 rings (SSSR count). The van der Waals surface area contributed by atoms with Gasteiger partial charge in [0.25, 0.3) is 5.91 Å². The van der Waals surface area contributed by atoms with E-state index in [9.17, 15) is 14.7 Å². The third-order valence-electron chi connectivity index (χ3n) is 5.00. The number of hydrogen-bond acceptors (Lipinski definition) is 2. The van der Waals surface area contributed by atoms with Gasteiger partial charge in [0.05, 0.1) is 11.1 Å². The molecule has 0 saturated carbocycles. The van der Waals surface area contributed by atoms with Crippen molar-refractivity contribution >= 4 is 28.3 Å². The second-order valence-electron chi connectivity index (χ2n) is 7.59. The summed E-state index contributed by atoms with van der Waals surface area (Å²) in [6, 6.07) is 16.6. The van der Waals surface area contributed by atoms with Gasteiger partial charge in [-0.1, -0.05) is 76.2 Å². The van der Waals surface area contributed by atoms with Gasteiger partial charge in [-0.15, -0.1) is 0 Å². The molecule has 4 heteroatoms. The second-order valence-corrected chi connectivity index (χ2v) is 7.59. The molecular weight excluding hydrogens is 350 g/mol. The van der Waals surface area contributed by atoms with Gasteiger partial charge in [-0.05, 0) is 39.8 Å². The summed E-state index contributed by atoms with van der Waals surface area (Å²) in [4.78, 5) is 25.1. The van der Waals surface area contributed by atoms with Gasteiger partial charge in [-0.2, -0.15) is 0 Å². The van der Waals surface area contributed by atoms with Crippen LogP contribution in [0.5, 0.6) is 0 Å². The number of carbonyl (C=O) groups excluding carboxylic acids is 1. The molecule has 28 heavy (non-hydrogen) atoms. The van der Waals surface area contributed by atoms with Crippen LogP contribution in [-0.2, 0) is 0 Å². The van der Waals surface area contributed by atoms with Gasteiger partial charge in [0.2, 0.25) is 0 Å². The molecular formula is C24H25NO3. The molecule has 144 valence electrons. The summed E-state index contributed by atoms with van der Waals surface area (Å²) < 4.78 is 0. The van der Waals surface area contributed by atoms with Crippen LogP contribution < -0.4 is 5.32 Å². The zero-order valence-electron chi connectivity index (χ0n) is 16.6. The van der Waals surface area contributed by atoms with Crippen molar-refractivity contribution in [3.8, 4) is 0 Å². The van der Waals surface area contributed by atoms with Gasteiger partial charge < -0.3 is 10.4 Å². The second kappa shape index (κ2) is 7.85. The standard InChI is InChI=1S/C24H25NO3/c1-14(2)17-10-7-11-18(15(3)4)22(17)25-23(26)21-19-9-6-5-8-16(19)12-13-20(21)24(27)28/h5-15H,1-4H3,(H,25,26)(H,27,28). The van der Waals surface area contributed by atoms with E-state index in [1.54, 1.807) is 12.1 Å². The highest BCUT2D eigenvalue weighted by Gasteiger charge is 2.22. The summed E-state index contributed by atoms with van der Waals surface area (Å²) in [7, 11) is 0. The van der Waals surface area contributed by atoms with Gasteiger partial charge in [-0.3, -0.25) is 4.79 Å². The fourth-order valence-corrected chi connectivity index (χ4v) is 3.57. The normalized spacial score (nSPS) is 11.2. The molecule has 0 unspecified atom stereocenters. The average Bonchev–Trinajstić information content (AvgIpc) is 2.66. The van der Waals surface area contributed by atoms with Crippen molar-refractivity contribution in [1.82, 2.24) is 0 Å². The average molecular weight is 375 g/mol. The first-order chi connectivity index (χ1) is 13.3. The lowest BCUT2D eigenvalue weighted by molar-refractivity contribution is 0.0693. The predicted octanol–water partition coefficient (Wildman–Crippen LogP) is 6.04. The van der Waals surface area contributed by atoms with Gasteiger partial charge >= 0.3 is 5.97 Å². The molecule has 0 fully saturated rings. The van der Waals surface area contributed by atoms with Crippen LogP contribution in [0, 0.1) is 0 Å². The maximum Gasteiger partial charge on any atom is 0.336 e. The first-order valence-electron chi connectivity index (χ1n) is 9.50. The molecule has 0 bridgehead atoms. The molecule has 0 atom stereocenters. The number of hydrogen-bond donors (Lipinski definition) is 2. The Bertz CT molecular complexity index is 1020. The Morgan fingerprint density at radius 2 is 1.43 bits per heavy atom. The lowest BCUT2D eigenvalue weighted by atomic mass is 9.92. The summed E-state index contributed by atoms with van der Waals surface area (Å²) >= 11 is 0. The highest BCUT2D eigenvalue weighted by Crippen LogP contribution is 2.33. The molecule has 0 heterocycles. The van der Waals surface area contributed by atoms with Crippen LogP contribution in [-0.4, -0.2) is 17.0 Å². The van der Waals surface area contributed by atoms with Crippen LogP contribution in [0.15, 0.2) is 54.6 Å². The van der Waals surface area contributed by atoms with Crippen LogP contribution in [0.4, 0.5) is 5.69 Å². The zero-order valence-corrected chi connectivity index (χ0v) is 16.6. The highest BCUT2D eigenvalue weighted by atomic mass is 16.4. The number of fused-ring (bicyclic) bond motifs is 1. The van der Waals surface area contributed by atoms with Gasteiger partial charge in [0.1, 0.15) is 0 Å². The Labute approximate surface area is 165 Å². The van der Waals surface area contributed by atoms with E-state index in [1.165, 1.54) is 6.07 Å². The largest absolute Gasteiger partial charge is 0.478 e. The molecule has 0 aliphatic carbocycles. The topological polar surface area (TPSA) is 66.4 Å². The maximum absolute atomic E-state index is 13.3. The Morgan fingerprint density at radius 1 is 0.821 bits per heavy atom. The van der Waals surface area contributed by atoms with Crippen LogP contribution in [0.3, 0.4) is 0 Å². The predicted molar refractivity (Wildman–Crippen MR) is 113 cm³/mol. The zero-order chi connectivity index (χ0) is 20.4. The van der Waals surface area contributed by atoms with Crippen LogP contribution in [0.1, 0.15) is 71.4 Å². The van der Waals surface area contributed by atoms with Crippen LogP contribution >= 0.6 is 0 Å². The molecule has 0 saturated heterocycles. The van der Waals surface area contributed by atoms with Crippen molar-refractivity contribution in [2.45, 2.75) is 39.5 Å². The SMILES string of the molecule is CC(C)c1cccc(C(C)C)c1NC(=O)c1c(C(=O)O)ccc2ccccc12. The number of carboxylic acid groups (broad SMARTS) is 1.